The zero-order valence-corrected chi connectivity index (χ0v) is 35.1. The minimum atomic E-state index is -1.04. The van der Waals surface area contributed by atoms with Crippen molar-refractivity contribution in [2.45, 2.75) is 138 Å². The molecule has 9 nitrogen and oxygen atoms in total. The summed E-state index contributed by atoms with van der Waals surface area (Å²) in [6, 6.07) is 7.43. The van der Waals surface area contributed by atoms with Gasteiger partial charge in [0.05, 0.1) is 18.0 Å². The van der Waals surface area contributed by atoms with Gasteiger partial charge in [-0.05, 0) is 86.1 Å². The van der Waals surface area contributed by atoms with Crippen LogP contribution in [0.2, 0.25) is 0 Å². The van der Waals surface area contributed by atoms with Crippen LogP contribution in [0.3, 0.4) is 0 Å². The smallest absolute Gasteiger partial charge is 0.246 e. The Bertz CT molecular complexity index is 1740. The summed E-state index contributed by atoms with van der Waals surface area (Å²) in [5.74, 6) is 0.390. The van der Waals surface area contributed by atoms with E-state index in [1.165, 1.54) is 11.6 Å². The molecule has 2 bridgehead atoms. The molecule has 10 heteroatoms. The van der Waals surface area contributed by atoms with Gasteiger partial charge in [-0.2, -0.15) is 5.26 Å². The highest BCUT2D eigenvalue weighted by Gasteiger charge is 2.52. The molecule has 300 valence electrons. The van der Waals surface area contributed by atoms with E-state index in [2.05, 4.69) is 60.6 Å². The number of aliphatic imine (C=N–C) groups is 2. The van der Waals surface area contributed by atoms with E-state index in [0.29, 0.717) is 54.4 Å². The fraction of sp³-hybridized carbons (Fsp3) is 0.556. The lowest BCUT2D eigenvalue weighted by atomic mass is 9.52. The Morgan fingerprint density at radius 2 is 1.69 bits per heavy atom. The topological polar surface area (TPSA) is 131 Å². The van der Waals surface area contributed by atoms with Crippen molar-refractivity contribution in [3.8, 4) is 6.07 Å². The summed E-state index contributed by atoms with van der Waals surface area (Å²) >= 11 is 0. The molecule has 4 aliphatic carbocycles. The molecule has 7 rings (SSSR count). The molecule has 1 aromatic carbocycles. The Morgan fingerprint density at radius 1 is 1.05 bits per heavy atom. The Morgan fingerprint density at radius 3 is 2.29 bits per heavy atom. The number of nitrogens with zero attached hydrogens (tertiary/aromatic N) is 4. The Balaban J connectivity index is 0.00000129. The van der Waals surface area contributed by atoms with E-state index in [4.69, 9.17) is 10.7 Å². The van der Waals surface area contributed by atoms with Gasteiger partial charge in [-0.15, -0.1) is 0 Å². The summed E-state index contributed by atoms with van der Waals surface area (Å²) in [6.45, 7) is 32.0. The molecule has 3 unspecified atom stereocenters. The zero-order chi connectivity index (χ0) is 41.1. The number of benzene rings is 1. The lowest BCUT2D eigenvalue weighted by Crippen LogP contribution is -2.65. The highest BCUT2D eigenvalue weighted by molar-refractivity contribution is 6.05. The van der Waals surface area contributed by atoms with Crippen molar-refractivity contribution >= 4 is 17.8 Å². The SMILES string of the molecule is C=C(NCc1ccc(F)c(CNC2=C(CC)C(=C)C2C)c1)C1=NC2=CN=CC(N)N2C(C)(C(=O)NCC23CCC(C(=C)C#N)(CC2)CC3)C1.CC.CC.CC. The molecule has 0 radical (unpaired) electrons. The first-order chi connectivity index (χ1) is 26.3. The number of carbonyl (C=O) groups is 1. The van der Waals surface area contributed by atoms with Gasteiger partial charge in [0.1, 0.15) is 23.3 Å². The van der Waals surface area contributed by atoms with Crippen LogP contribution in [0.25, 0.3) is 0 Å². The maximum absolute atomic E-state index is 14.8. The van der Waals surface area contributed by atoms with Gasteiger partial charge in [0, 0.05) is 66.1 Å². The van der Waals surface area contributed by atoms with Crippen LogP contribution in [-0.2, 0) is 17.9 Å². The van der Waals surface area contributed by atoms with Crippen LogP contribution in [0.15, 0.2) is 88.1 Å². The highest BCUT2D eigenvalue weighted by Crippen LogP contribution is 2.59. The van der Waals surface area contributed by atoms with Crippen LogP contribution >= 0.6 is 0 Å². The molecule has 1 amide bonds. The summed E-state index contributed by atoms with van der Waals surface area (Å²) in [7, 11) is 0. The van der Waals surface area contributed by atoms with E-state index in [1.807, 2.05) is 59.4 Å². The average molecular weight is 755 g/mol. The number of hydrogen-bond donors (Lipinski definition) is 4. The first-order valence-electron chi connectivity index (χ1n) is 20.5. The standard InChI is InChI=1S/C39H49FN8O.3C2H6/c1-7-30-25(3)26(4)35(30)45-20-29-16-28(8-9-31(29)40)19-44-27(5)32-17-37(6,48-33(42)21-43-22-34(48)47-32)36(49)46-23-38-10-13-39(14-11-38,15-12-38)24(2)18-41;3*1-2/h8-9,16,21-22,26,33,44-45H,2-3,5,7,10-15,17,19-20,23,42H2,1,4,6H3,(H,46,49);3*1-2H3. The molecule has 1 aromatic rings. The van der Waals surface area contributed by atoms with Gasteiger partial charge in [0.25, 0.3) is 0 Å². The molecular formula is C45H67FN8O. The van der Waals surface area contributed by atoms with Crippen LogP contribution in [-0.4, -0.2) is 41.0 Å². The van der Waals surface area contributed by atoms with Crippen molar-refractivity contribution in [3.05, 3.63) is 95.0 Å². The first-order valence-corrected chi connectivity index (χ1v) is 20.5. The van der Waals surface area contributed by atoms with Gasteiger partial charge in [-0.1, -0.05) is 81.2 Å². The van der Waals surface area contributed by atoms with Gasteiger partial charge < -0.3 is 26.6 Å². The van der Waals surface area contributed by atoms with Crippen molar-refractivity contribution in [2.75, 3.05) is 6.54 Å². The van der Waals surface area contributed by atoms with Gasteiger partial charge in [-0.3, -0.25) is 9.79 Å². The second kappa shape index (κ2) is 19.4. The van der Waals surface area contributed by atoms with Crippen molar-refractivity contribution in [1.29, 1.82) is 5.26 Å². The van der Waals surface area contributed by atoms with Gasteiger partial charge >= 0.3 is 0 Å². The Kier molecular flexibility index (Phi) is 15.8. The third-order valence-electron chi connectivity index (χ3n) is 12.0. The third kappa shape index (κ3) is 9.15. The van der Waals surface area contributed by atoms with E-state index >= 15 is 0 Å². The number of hydrogen-bond acceptors (Lipinski definition) is 8. The zero-order valence-electron chi connectivity index (χ0n) is 35.1. The van der Waals surface area contributed by atoms with Gasteiger partial charge in [0.2, 0.25) is 5.91 Å². The largest absolute Gasteiger partial charge is 0.383 e. The summed E-state index contributed by atoms with van der Waals surface area (Å²) in [6.07, 6.45) is 9.54. The summed E-state index contributed by atoms with van der Waals surface area (Å²) in [5.41, 5.74) is 12.3. The molecule has 2 heterocycles. The molecule has 5 N–H and O–H groups in total. The molecule has 0 saturated heterocycles. The lowest BCUT2D eigenvalue weighted by Gasteiger charge is -2.54. The predicted octanol–water partition coefficient (Wildman–Crippen LogP) is 9.08. The Labute approximate surface area is 330 Å². The second-order valence-corrected chi connectivity index (χ2v) is 14.8. The number of halogens is 1. The number of carbonyl (C=O) groups excluding carboxylic acids is 1. The van der Waals surface area contributed by atoms with Gasteiger partial charge in [-0.25, -0.2) is 9.38 Å². The second-order valence-electron chi connectivity index (χ2n) is 14.8. The molecule has 2 aliphatic heterocycles. The molecule has 3 saturated carbocycles. The number of rotatable bonds is 12. The summed E-state index contributed by atoms with van der Waals surface area (Å²) in [5, 5.41) is 19.6. The van der Waals surface area contributed by atoms with Crippen LogP contribution in [0, 0.1) is 33.9 Å². The monoisotopic (exact) mass is 755 g/mol. The quantitative estimate of drug-likeness (QED) is 0.158. The van der Waals surface area contributed by atoms with Crippen LogP contribution < -0.4 is 21.7 Å². The number of allylic oxidation sites excluding steroid dienone is 4. The van der Waals surface area contributed by atoms with E-state index < -0.39 is 11.7 Å². The number of amides is 1. The fourth-order valence-corrected chi connectivity index (χ4v) is 8.50. The maximum Gasteiger partial charge on any atom is 0.246 e. The Hall–Kier alpha value is -4.49. The predicted molar refractivity (Wildman–Crippen MR) is 226 cm³/mol. The number of fused-ring (bicyclic) bond motifs is 4. The molecule has 3 atom stereocenters. The molecule has 0 aromatic heterocycles. The van der Waals surface area contributed by atoms with Crippen molar-refractivity contribution in [1.82, 2.24) is 20.9 Å². The van der Waals surface area contributed by atoms with E-state index in [0.717, 1.165) is 61.8 Å². The van der Waals surface area contributed by atoms with E-state index in [9.17, 15) is 14.4 Å². The molecular weight excluding hydrogens is 688 g/mol. The van der Waals surface area contributed by atoms with E-state index in [1.54, 1.807) is 18.5 Å². The maximum atomic E-state index is 14.8. The summed E-state index contributed by atoms with van der Waals surface area (Å²) < 4.78 is 14.8. The van der Waals surface area contributed by atoms with Gasteiger partial charge in [0.15, 0.2) is 0 Å². The third-order valence-corrected chi connectivity index (χ3v) is 12.0. The number of nitriles is 1. The van der Waals surface area contributed by atoms with Crippen molar-refractivity contribution in [3.63, 3.8) is 0 Å². The van der Waals surface area contributed by atoms with Crippen molar-refractivity contribution in [2.24, 2.45) is 32.5 Å². The van der Waals surface area contributed by atoms with Crippen molar-refractivity contribution < 1.29 is 9.18 Å². The normalized spacial score (nSPS) is 27.1. The van der Waals surface area contributed by atoms with E-state index in [-0.39, 0.29) is 28.5 Å². The molecule has 3 fully saturated rings. The minimum absolute atomic E-state index is 0.0217. The average Bonchev–Trinajstić information content (AvgIpc) is 3.23. The summed E-state index contributed by atoms with van der Waals surface area (Å²) in [4.78, 5) is 25.2. The van der Waals surface area contributed by atoms with Crippen LogP contribution in [0.5, 0.6) is 0 Å². The minimum Gasteiger partial charge on any atom is -0.383 e. The first kappa shape index (κ1) is 44.9. The number of nitrogens with one attached hydrogen (secondary N) is 3. The molecule has 55 heavy (non-hydrogen) atoms. The van der Waals surface area contributed by atoms with Crippen LogP contribution in [0.1, 0.15) is 125 Å². The molecule has 0 spiro atoms. The molecule has 6 aliphatic rings. The van der Waals surface area contributed by atoms with Crippen LogP contribution in [0.4, 0.5) is 4.39 Å². The fourth-order valence-electron chi connectivity index (χ4n) is 8.50. The lowest BCUT2D eigenvalue weighted by molar-refractivity contribution is -0.133. The highest BCUT2D eigenvalue weighted by atomic mass is 19.1. The number of nitrogens with two attached hydrogens (primary N) is 1.